The lowest BCUT2D eigenvalue weighted by molar-refractivity contribution is 0.0697. The first-order valence-corrected chi connectivity index (χ1v) is 8.46. The number of hydrogen-bond acceptors (Lipinski definition) is 5. The lowest BCUT2D eigenvalue weighted by Crippen LogP contribution is -2.25. The zero-order valence-corrected chi connectivity index (χ0v) is 15.1. The maximum Gasteiger partial charge on any atom is 0.335 e. The number of terminal acetylenes is 1. The molecule has 0 fully saturated rings. The van der Waals surface area contributed by atoms with Crippen LogP contribution in [0.3, 0.4) is 0 Å². The number of rotatable bonds is 8. The van der Waals surface area contributed by atoms with E-state index in [4.69, 9.17) is 16.8 Å². The predicted molar refractivity (Wildman–Crippen MR) is 105 cm³/mol. The Kier molecular flexibility index (Phi) is 7.10. The van der Waals surface area contributed by atoms with Gasteiger partial charge in [0.1, 0.15) is 0 Å². The fourth-order valence-corrected chi connectivity index (χ4v) is 2.52. The molecule has 0 radical (unpaired) electrons. The van der Waals surface area contributed by atoms with Gasteiger partial charge in [0.2, 0.25) is 0 Å². The van der Waals surface area contributed by atoms with Gasteiger partial charge in [-0.1, -0.05) is 6.07 Å². The van der Waals surface area contributed by atoms with Crippen molar-refractivity contribution in [2.24, 2.45) is 10.2 Å². The maximum atomic E-state index is 11.0. The van der Waals surface area contributed by atoms with E-state index in [1.165, 1.54) is 12.1 Å². The Hall–Kier alpha value is -3.64. The third-order valence-electron chi connectivity index (χ3n) is 3.93. The SMILES string of the molecule is C#CCCN(CCC#N)c1ccc(N=Nc2cccc(C(=O)O)c2)c(C)c1. The minimum absolute atomic E-state index is 0.167. The number of hydrogen-bond donors (Lipinski definition) is 1. The number of anilines is 1. The van der Waals surface area contributed by atoms with Gasteiger partial charge in [-0.2, -0.15) is 15.5 Å². The second kappa shape index (κ2) is 9.74. The average molecular weight is 360 g/mol. The van der Waals surface area contributed by atoms with Crippen LogP contribution in [0.25, 0.3) is 0 Å². The third-order valence-corrected chi connectivity index (χ3v) is 3.93. The number of carbonyl (C=O) groups is 1. The van der Waals surface area contributed by atoms with Crippen LogP contribution in [0.2, 0.25) is 0 Å². The summed E-state index contributed by atoms with van der Waals surface area (Å²) in [5.74, 6) is 1.62. The van der Waals surface area contributed by atoms with Crippen molar-refractivity contribution >= 4 is 23.0 Å². The van der Waals surface area contributed by atoms with E-state index in [2.05, 4.69) is 27.1 Å². The lowest BCUT2D eigenvalue weighted by atomic mass is 10.1. The normalized spacial score (nSPS) is 10.3. The summed E-state index contributed by atoms with van der Waals surface area (Å²) in [6, 6.07) is 14.2. The summed E-state index contributed by atoms with van der Waals surface area (Å²) in [6.45, 7) is 3.22. The quantitative estimate of drug-likeness (QED) is 0.538. The van der Waals surface area contributed by atoms with Crippen molar-refractivity contribution in [3.05, 3.63) is 53.6 Å². The number of azo groups is 1. The molecule has 0 aliphatic rings. The van der Waals surface area contributed by atoms with Crippen molar-refractivity contribution in [1.82, 2.24) is 0 Å². The van der Waals surface area contributed by atoms with Crippen molar-refractivity contribution in [3.8, 4) is 18.4 Å². The Labute approximate surface area is 158 Å². The second-order valence-electron chi connectivity index (χ2n) is 5.88. The fraction of sp³-hybridized carbons (Fsp3) is 0.238. The molecule has 136 valence electrons. The highest BCUT2D eigenvalue weighted by Crippen LogP contribution is 2.27. The summed E-state index contributed by atoms with van der Waals surface area (Å²) < 4.78 is 0. The molecule has 0 amide bonds. The van der Waals surface area contributed by atoms with Gasteiger partial charge in [0, 0.05) is 25.2 Å². The fourth-order valence-electron chi connectivity index (χ4n) is 2.52. The van der Waals surface area contributed by atoms with E-state index < -0.39 is 5.97 Å². The van der Waals surface area contributed by atoms with E-state index in [0.29, 0.717) is 37.3 Å². The van der Waals surface area contributed by atoms with Gasteiger partial charge in [-0.3, -0.25) is 0 Å². The molecule has 0 unspecified atom stereocenters. The van der Waals surface area contributed by atoms with Gasteiger partial charge >= 0.3 is 5.97 Å². The summed E-state index contributed by atoms with van der Waals surface area (Å²) >= 11 is 0. The Morgan fingerprint density at radius 1 is 1.19 bits per heavy atom. The average Bonchev–Trinajstić information content (AvgIpc) is 2.67. The van der Waals surface area contributed by atoms with E-state index >= 15 is 0 Å². The van der Waals surface area contributed by atoms with E-state index in [0.717, 1.165) is 11.3 Å². The van der Waals surface area contributed by atoms with Gasteiger partial charge in [0.05, 0.1) is 29.4 Å². The molecule has 2 aromatic carbocycles. The van der Waals surface area contributed by atoms with Gasteiger partial charge in [-0.15, -0.1) is 12.3 Å². The number of benzene rings is 2. The van der Waals surface area contributed by atoms with Crippen LogP contribution in [-0.4, -0.2) is 24.2 Å². The highest BCUT2D eigenvalue weighted by atomic mass is 16.4. The van der Waals surface area contributed by atoms with Gasteiger partial charge in [-0.05, 0) is 48.9 Å². The molecule has 1 N–H and O–H groups in total. The van der Waals surface area contributed by atoms with Crippen molar-refractivity contribution in [3.63, 3.8) is 0 Å². The third kappa shape index (κ3) is 5.69. The predicted octanol–water partition coefficient (Wildman–Crippen LogP) is 4.85. The van der Waals surface area contributed by atoms with Crippen LogP contribution in [0.4, 0.5) is 17.1 Å². The molecule has 6 heteroatoms. The van der Waals surface area contributed by atoms with Gasteiger partial charge in [0.15, 0.2) is 0 Å². The van der Waals surface area contributed by atoms with E-state index in [-0.39, 0.29) is 5.56 Å². The van der Waals surface area contributed by atoms with Gasteiger partial charge in [0.25, 0.3) is 0 Å². The van der Waals surface area contributed by atoms with E-state index in [1.54, 1.807) is 12.1 Å². The van der Waals surface area contributed by atoms with Gasteiger partial charge < -0.3 is 10.0 Å². The maximum absolute atomic E-state index is 11.0. The number of aromatic carboxylic acids is 1. The summed E-state index contributed by atoms with van der Waals surface area (Å²) in [5.41, 5.74) is 3.23. The molecular weight excluding hydrogens is 340 g/mol. The van der Waals surface area contributed by atoms with Gasteiger partial charge in [-0.25, -0.2) is 4.79 Å². The minimum atomic E-state index is -1.00. The monoisotopic (exact) mass is 360 g/mol. The molecule has 0 saturated carbocycles. The number of aryl methyl sites for hydroxylation is 1. The van der Waals surface area contributed by atoms with E-state index in [1.807, 2.05) is 25.1 Å². The van der Waals surface area contributed by atoms with Crippen molar-refractivity contribution in [2.75, 3.05) is 18.0 Å². The molecule has 0 aliphatic carbocycles. The molecule has 0 heterocycles. The highest BCUT2D eigenvalue weighted by Gasteiger charge is 2.08. The molecule has 0 aliphatic heterocycles. The molecule has 0 spiro atoms. The first-order valence-electron chi connectivity index (χ1n) is 8.46. The van der Waals surface area contributed by atoms with Crippen LogP contribution >= 0.6 is 0 Å². The van der Waals surface area contributed by atoms with Crippen LogP contribution in [0.5, 0.6) is 0 Å². The number of carboxylic acid groups (broad SMARTS) is 1. The summed E-state index contributed by atoms with van der Waals surface area (Å²) in [4.78, 5) is 13.1. The van der Waals surface area contributed by atoms with Crippen LogP contribution < -0.4 is 4.90 Å². The zero-order chi connectivity index (χ0) is 19.6. The molecule has 0 aromatic heterocycles. The summed E-state index contributed by atoms with van der Waals surface area (Å²) in [5, 5.41) is 26.2. The Morgan fingerprint density at radius 3 is 2.63 bits per heavy atom. The number of nitrogens with zero attached hydrogens (tertiary/aromatic N) is 4. The molecule has 0 bridgehead atoms. The first-order chi connectivity index (χ1) is 13.0. The molecular formula is C21H20N4O2. The van der Waals surface area contributed by atoms with Crippen LogP contribution in [0, 0.1) is 30.6 Å². The minimum Gasteiger partial charge on any atom is -0.478 e. The lowest BCUT2D eigenvalue weighted by Gasteiger charge is -2.23. The Balaban J connectivity index is 2.20. The molecule has 2 aromatic rings. The summed E-state index contributed by atoms with van der Waals surface area (Å²) in [7, 11) is 0. The van der Waals surface area contributed by atoms with Crippen molar-refractivity contribution < 1.29 is 9.90 Å². The van der Waals surface area contributed by atoms with E-state index in [9.17, 15) is 4.79 Å². The standard InChI is InChI=1S/C21H20N4O2/c1-3-4-12-25(13-6-11-22)19-9-10-20(16(2)14-19)24-23-18-8-5-7-17(15-18)21(26)27/h1,5,7-10,14-15H,4,6,12-13H2,2H3,(H,26,27). The smallest absolute Gasteiger partial charge is 0.335 e. The Morgan fingerprint density at radius 2 is 1.96 bits per heavy atom. The second-order valence-corrected chi connectivity index (χ2v) is 5.88. The largest absolute Gasteiger partial charge is 0.478 e. The molecule has 6 nitrogen and oxygen atoms in total. The van der Waals surface area contributed by atoms with Crippen LogP contribution in [0.1, 0.15) is 28.8 Å². The molecule has 0 atom stereocenters. The Bertz CT molecular complexity index is 905. The van der Waals surface area contributed by atoms with Crippen molar-refractivity contribution in [2.45, 2.75) is 19.8 Å². The molecule has 0 saturated heterocycles. The molecule has 27 heavy (non-hydrogen) atoms. The zero-order valence-electron chi connectivity index (χ0n) is 15.1. The first kappa shape index (κ1) is 19.7. The number of carboxylic acids is 1. The summed E-state index contributed by atoms with van der Waals surface area (Å²) in [6.07, 6.45) is 6.38. The van der Waals surface area contributed by atoms with Crippen molar-refractivity contribution in [1.29, 1.82) is 5.26 Å². The highest BCUT2D eigenvalue weighted by molar-refractivity contribution is 5.88. The van der Waals surface area contributed by atoms with Crippen LogP contribution in [0.15, 0.2) is 52.7 Å². The van der Waals surface area contributed by atoms with Crippen LogP contribution in [-0.2, 0) is 0 Å². The molecule has 2 rings (SSSR count). The number of nitriles is 1. The topological polar surface area (TPSA) is 89.0 Å².